The van der Waals surface area contributed by atoms with Crippen molar-refractivity contribution < 1.29 is 9.53 Å². The minimum Gasteiger partial charge on any atom is -0.465 e. The average molecular weight is 293 g/mol. The number of ether oxygens (including phenoxy) is 1. The highest BCUT2D eigenvalue weighted by Crippen LogP contribution is 2.41. The van der Waals surface area contributed by atoms with E-state index < -0.39 is 0 Å². The number of pyridine rings is 1. The second-order valence-corrected chi connectivity index (χ2v) is 5.77. The summed E-state index contributed by atoms with van der Waals surface area (Å²) in [7, 11) is 1.37. The largest absolute Gasteiger partial charge is 0.465 e. The first-order valence-electron chi connectivity index (χ1n) is 7.35. The number of esters is 1. The van der Waals surface area contributed by atoms with Gasteiger partial charge < -0.3 is 9.72 Å². The molecule has 1 fully saturated rings. The second-order valence-electron chi connectivity index (χ2n) is 5.77. The van der Waals surface area contributed by atoms with E-state index in [1.807, 2.05) is 12.1 Å². The predicted molar refractivity (Wildman–Crippen MR) is 85.4 cm³/mol. The lowest BCUT2D eigenvalue weighted by Crippen LogP contribution is -2.08. The summed E-state index contributed by atoms with van der Waals surface area (Å²) in [6.45, 7) is 0. The molecule has 22 heavy (non-hydrogen) atoms. The van der Waals surface area contributed by atoms with Gasteiger partial charge >= 0.3 is 5.97 Å². The third kappa shape index (κ3) is 1.91. The van der Waals surface area contributed by atoms with E-state index in [0.717, 1.165) is 16.2 Å². The van der Waals surface area contributed by atoms with Gasteiger partial charge in [0, 0.05) is 6.20 Å². The van der Waals surface area contributed by atoms with E-state index in [-0.39, 0.29) is 11.5 Å². The van der Waals surface area contributed by atoms with Crippen LogP contribution in [0.4, 0.5) is 0 Å². The van der Waals surface area contributed by atoms with Crippen molar-refractivity contribution in [1.82, 2.24) is 4.98 Å². The van der Waals surface area contributed by atoms with E-state index in [1.165, 1.54) is 25.5 Å². The summed E-state index contributed by atoms with van der Waals surface area (Å²) in [5.41, 5.74) is 1.60. The van der Waals surface area contributed by atoms with Crippen LogP contribution in [0.1, 0.15) is 34.7 Å². The zero-order chi connectivity index (χ0) is 15.3. The number of methoxy groups -OCH3 is 1. The molecule has 0 atom stereocenters. The summed E-state index contributed by atoms with van der Waals surface area (Å²) < 4.78 is 4.89. The Morgan fingerprint density at radius 3 is 2.73 bits per heavy atom. The number of nitrogens with one attached hydrogen (secondary N) is 1. The molecular formula is C18H15NO3. The van der Waals surface area contributed by atoms with Crippen LogP contribution in [-0.2, 0) is 4.74 Å². The van der Waals surface area contributed by atoms with Gasteiger partial charge in [0.05, 0.1) is 18.1 Å². The molecule has 4 nitrogen and oxygen atoms in total. The average Bonchev–Trinajstić information content (AvgIpc) is 3.37. The zero-order valence-corrected chi connectivity index (χ0v) is 12.2. The second kappa shape index (κ2) is 4.70. The fourth-order valence-corrected chi connectivity index (χ4v) is 3.08. The van der Waals surface area contributed by atoms with Crippen LogP contribution in [0.5, 0.6) is 0 Å². The number of carbonyl (C=O) groups excluding carboxylic acids is 1. The third-order valence-electron chi connectivity index (χ3n) is 4.35. The highest BCUT2D eigenvalue weighted by molar-refractivity contribution is 6.15. The topological polar surface area (TPSA) is 59.2 Å². The number of aromatic amines is 1. The molecule has 1 aliphatic carbocycles. The lowest BCUT2D eigenvalue weighted by Gasteiger charge is -2.10. The molecule has 0 spiro atoms. The molecule has 0 aliphatic heterocycles. The fraction of sp³-hybridized carbons (Fsp3) is 0.222. The summed E-state index contributed by atoms with van der Waals surface area (Å²) in [6, 6.07) is 9.58. The van der Waals surface area contributed by atoms with Gasteiger partial charge in [-0.15, -0.1) is 0 Å². The fourth-order valence-electron chi connectivity index (χ4n) is 3.08. The van der Waals surface area contributed by atoms with Gasteiger partial charge in [-0.3, -0.25) is 4.79 Å². The van der Waals surface area contributed by atoms with Crippen LogP contribution in [-0.4, -0.2) is 18.1 Å². The van der Waals surface area contributed by atoms with E-state index in [0.29, 0.717) is 16.9 Å². The van der Waals surface area contributed by atoms with Gasteiger partial charge in [0.25, 0.3) is 5.56 Å². The number of rotatable bonds is 2. The number of carbonyl (C=O) groups is 1. The number of aromatic nitrogens is 1. The van der Waals surface area contributed by atoms with E-state index in [4.69, 9.17) is 4.74 Å². The van der Waals surface area contributed by atoms with Gasteiger partial charge in [-0.25, -0.2) is 4.79 Å². The maximum Gasteiger partial charge on any atom is 0.338 e. The number of hydrogen-bond acceptors (Lipinski definition) is 3. The highest BCUT2D eigenvalue weighted by Gasteiger charge is 2.24. The predicted octanol–water partition coefficient (Wildman–Crippen LogP) is 3.35. The smallest absolute Gasteiger partial charge is 0.338 e. The molecule has 4 heteroatoms. The standard InChI is InChI=1S/C18H15NO3/c1-22-18(21)15-9-12-6-7-19-17(20)16(12)14-8-11(10-2-3-10)4-5-13(14)15/h4-10H,2-3H2,1H3,(H,19,20). The first kappa shape index (κ1) is 13.1. The summed E-state index contributed by atoms with van der Waals surface area (Å²) in [5.74, 6) is 0.204. The maximum absolute atomic E-state index is 12.3. The van der Waals surface area contributed by atoms with Gasteiger partial charge in [0.1, 0.15) is 0 Å². The number of H-pyrrole nitrogens is 1. The molecule has 1 aromatic heterocycles. The zero-order valence-electron chi connectivity index (χ0n) is 12.2. The SMILES string of the molecule is COC(=O)c1cc2cc[nH]c(=O)c2c2cc(C3CC3)ccc12. The van der Waals surface area contributed by atoms with Crippen LogP contribution in [0.15, 0.2) is 41.3 Å². The Morgan fingerprint density at radius 1 is 1.18 bits per heavy atom. The maximum atomic E-state index is 12.3. The number of hydrogen-bond donors (Lipinski definition) is 1. The van der Waals surface area contributed by atoms with Crippen molar-refractivity contribution in [2.45, 2.75) is 18.8 Å². The molecule has 0 radical (unpaired) electrons. The Balaban J connectivity index is 2.16. The molecule has 2 aromatic carbocycles. The van der Waals surface area contributed by atoms with E-state index in [1.54, 1.807) is 12.3 Å². The van der Waals surface area contributed by atoms with Gasteiger partial charge in [0.2, 0.25) is 0 Å². The molecule has 0 saturated heterocycles. The molecule has 0 amide bonds. The third-order valence-corrected chi connectivity index (χ3v) is 4.35. The van der Waals surface area contributed by atoms with Crippen molar-refractivity contribution in [3.05, 3.63) is 58.0 Å². The highest BCUT2D eigenvalue weighted by atomic mass is 16.5. The molecule has 1 heterocycles. The lowest BCUT2D eigenvalue weighted by molar-refractivity contribution is 0.0603. The molecule has 0 bridgehead atoms. The van der Waals surface area contributed by atoms with E-state index >= 15 is 0 Å². The van der Waals surface area contributed by atoms with Crippen LogP contribution in [0, 0.1) is 0 Å². The van der Waals surface area contributed by atoms with Crippen molar-refractivity contribution in [2.75, 3.05) is 7.11 Å². The molecule has 3 aromatic rings. The molecule has 0 unspecified atom stereocenters. The van der Waals surface area contributed by atoms with Crippen LogP contribution in [0.3, 0.4) is 0 Å². The minimum absolute atomic E-state index is 0.133. The summed E-state index contributed by atoms with van der Waals surface area (Å²) in [4.78, 5) is 27.1. The summed E-state index contributed by atoms with van der Waals surface area (Å²) >= 11 is 0. The molecule has 4 rings (SSSR count). The minimum atomic E-state index is -0.383. The van der Waals surface area contributed by atoms with Gasteiger partial charge in [-0.2, -0.15) is 0 Å². The van der Waals surface area contributed by atoms with Crippen LogP contribution in [0.2, 0.25) is 0 Å². The Labute approximate surface area is 126 Å². The summed E-state index contributed by atoms with van der Waals surface area (Å²) in [5, 5.41) is 2.97. The Morgan fingerprint density at radius 2 is 2.00 bits per heavy atom. The number of benzene rings is 2. The molecule has 1 aliphatic rings. The van der Waals surface area contributed by atoms with Gasteiger partial charge in [-0.1, -0.05) is 18.2 Å². The van der Waals surface area contributed by atoms with Crippen LogP contribution in [0.25, 0.3) is 21.5 Å². The molecule has 110 valence electrons. The van der Waals surface area contributed by atoms with Crippen molar-refractivity contribution >= 4 is 27.5 Å². The van der Waals surface area contributed by atoms with Crippen LogP contribution < -0.4 is 5.56 Å². The molecular weight excluding hydrogens is 278 g/mol. The first-order valence-corrected chi connectivity index (χ1v) is 7.35. The lowest BCUT2D eigenvalue weighted by atomic mass is 9.95. The Bertz CT molecular complexity index is 967. The number of fused-ring (bicyclic) bond motifs is 3. The Kier molecular flexibility index (Phi) is 2.79. The van der Waals surface area contributed by atoms with Crippen molar-refractivity contribution in [2.24, 2.45) is 0 Å². The normalized spacial score (nSPS) is 14.4. The van der Waals surface area contributed by atoms with E-state index in [2.05, 4.69) is 17.1 Å². The van der Waals surface area contributed by atoms with Crippen molar-refractivity contribution in [1.29, 1.82) is 0 Å². The first-order chi connectivity index (χ1) is 10.7. The quantitative estimate of drug-likeness (QED) is 0.582. The summed E-state index contributed by atoms with van der Waals surface area (Å²) in [6.07, 6.45) is 3.98. The van der Waals surface area contributed by atoms with Crippen LogP contribution >= 0.6 is 0 Å². The van der Waals surface area contributed by atoms with Crippen molar-refractivity contribution in [3.63, 3.8) is 0 Å². The van der Waals surface area contributed by atoms with Gasteiger partial charge in [0.15, 0.2) is 0 Å². The van der Waals surface area contributed by atoms with E-state index in [9.17, 15) is 9.59 Å². The molecule has 1 N–H and O–H groups in total. The van der Waals surface area contributed by atoms with Crippen molar-refractivity contribution in [3.8, 4) is 0 Å². The van der Waals surface area contributed by atoms with Gasteiger partial charge in [-0.05, 0) is 52.6 Å². The monoisotopic (exact) mass is 293 g/mol. The Hall–Kier alpha value is -2.62. The molecule has 1 saturated carbocycles.